The van der Waals surface area contributed by atoms with Crippen molar-refractivity contribution in [3.05, 3.63) is 29.3 Å². The number of carboxylic acids is 1. The van der Waals surface area contributed by atoms with Crippen molar-refractivity contribution in [3.8, 4) is 11.5 Å². The fourth-order valence-electron chi connectivity index (χ4n) is 1.64. The van der Waals surface area contributed by atoms with Crippen LogP contribution < -0.4 is 9.47 Å². The lowest BCUT2D eigenvalue weighted by Crippen LogP contribution is -2.04. The van der Waals surface area contributed by atoms with E-state index in [-0.39, 0.29) is 24.6 Å². The van der Waals surface area contributed by atoms with Crippen LogP contribution in [-0.4, -0.2) is 23.7 Å². The second-order valence-electron chi connectivity index (χ2n) is 3.91. The van der Waals surface area contributed by atoms with Crippen LogP contribution in [-0.2, 0) is 9.59 Å². The highest BCUT2D eigenvalue weighted by atomic mass is 16.7. The molecule has 5 nitrogen and oxygen atoms in total. The quantitative estimate of drug-likeness (QED) is 0.823. The largest absolute Gasteiger partial charge is 0.481 e. The summed E-state index contributed by atoms with van der Waals surface area (Å²) < 4.78 is 10.4. The van der Waals surface area contributed by atoms with E-state index >= 15 is 0 Å². The number of hydrogen-bond donors (Lipinski definition) is 1. The van der Waals surface area contributed by atoms with Crippen LogP contribution in [0.2, 0.25) is 0 Å². The highest BCUT2D eigenvalue weighted by Gasteiger charge is 2.14. The molecule has 2 rings (SSSR count). The first-order valence-electron chi connectivity index (χ1n) is 5.39. The number of carbonyl (C=O) groups excluding carboxylic acids is 1. The van der Waals surface area contributed by atoms with E-state index < -0.39 is 5.97 Å². The molecule has 1 aliphatic heterocycles. The van der Waals surface area contributed by atoms with Crippen molar-refractivity contribution in [2.24, 2.45) is 0 Å². The molecule has 0 saturated heterocycles. The molecular formula is C13H12O5. The number of carboxylic acid groups (broad SMARTS) is 1. The predicted molar refractivity (Wildman–Crippen MR) is 63.5 cm³/mol. The third-order valence-corrected chi connectivity index (χ3v) is 2.53. The summed E-state index contributed by atoms with van der Waals surface area (Å²) in [6, 6.07) is 5.19. The fourth-order valence-corrected chi connectivity index (χ4v) is 1.64. The number of benzene rings is 1. The van der Waals surface area contributed by atoms with Crippen LogP contribution in [0.4, 0.5) is 0 Å². The monoisotopic (exact) mass is 248 g/mol. The Balaban J connectivity index is 2.29. The normalized spacial score (nSPS) is 13.5. The van der Waals surface area contributed by atoms with Crippen LogP contribution in [0.25, 0.3) is 6.08 Å². The van der Waals surface area contributed by atoms with Crippen LogP contribution in [0.1, 0.15) is 18.9 Å². The van der Waals surface area contributed by atoms with E-state index in [1.165, 1.54) is 6.92 Å². The molecule has 1 aromatic rings. The maximum atomic E-state index is 11.3. The topological polar surface area (TPSA) is 72.8 Å². The molecule has 5 heteroatoms. The van der Waals surface area contributed by atoms with Crippen molar-refractivity contribution >= 4 is 17.8 Å². The Hall–Kier alpha value is -2.30. The lowest BCUT2D eigenvalue weighted by atomic mass is 10.0. The first kappa shape index (κ1) is 12.2. The summed E-state index contributed by atoms with van der Waals surface area (Å²) in [5.41, 5.74) is 0.965. The van der Waals surface area contributed by atoms with Gasteiger partial charge in [-0.1, -0.05) is 6.07 Å². The Morgan fingerprint density at radius 3 is 2.72 bits per heavy atom. The Morgan fingerprint density at radius 1 is 1.33 bits per heavy atom. The SMILES string of the molecule is CC(=O)C(=Cc1ccc2c(c1)OCO2)CC(=O)O. The minimum absolute atomic E-state index is 0.178. The van der Waals surface area contributed by atoms with Gasteiger partial charge in [-0.2, -0.15) is 0 Å². The van der Waals surface area contributed by atoms with Crippen molar-refractivity contribution in [1.29, 1.82) is 0 Å². The molecule has 0 atom stereocenters. The number of ketones is 1. The number of Topliss-reactive ketones (excluding diaryl/α,β-unsaturated/α-hetero) is 1. The standard InChI is InChI=1S/C13H12O5/c1-8(14)10(6-13(15)16)4-9-2-3-11-12(5-9)18-7-17-11/h2-5H,6-7H2,1H3,(H,15,16). The van der Waals surface area contributed by atoms with Gasteiger partial charge >= 0.3 is 5.97 Å². The van der Waals surface area contributed by atoms with E-state index in [4.69, 9.17) is 14.6 Å². The summed E-state index contributed by atoms with van der Waals surface area (Å²) in [5.74, 6) is -0.0380. The molecule has 1 N–H and O–H groups in total. The van der Waals surface area contributed by atoms with Crippen molar-refractivity contribution in [2.45, 2.75) is 13.3 Å². The summed E-state index contributed by atoms with van der Waals surface area (Å²) in [5, 5.41) is 8.73. The van der Waals surface area contributed by atoms with Gasteiger partial charge in [0.2, 0.25) is 6.79 Å². The lowest BCUT2D eigenvalue weighted by molar-refractivity contribution is -0.136. The number of ether oxygens (including phenoxy) is 2. The molecule has 0 amide bonds. The van der Waals surface area contributed by atoms with Gasteiger partial charge in [0, 0.05) is 5.57 Å². The summed E-state index contributed by atoms with van der Waals surface area (Å²) in [6.45, 7) is 1.53. The summed E-state index contributed by atoms with van der Waals surface area (Å²) >= 11 is 0. The molecule has 1 aromatic carbocycles. The Bertz CT molecular complexity index is 530. The molecule has 94 valence electrons. The maximum Gasteiger partial charge on any atom is 0.307 e. The van der Waals surface area contributed by atoms with Gasteiger partial charge in [0.25, 0.3) is 0 Å². The highest BCUT2D eigenvalue weighted by Crippen LogP contribution is 2.33. The second-order valence-corrected chi connectivity index (χ2v) is 3.91. The van der Waals surface area contributed by atoms with Gasteiger partial charge in [-0.15, -0.1) is 0 Å². The first-order chi connectivity index (χ1) is 8.56. The zero-order chi connectivity index (χ0) is 13.1. The van der Waals surface area contributed by atoms with E-state index in [1.807, 2.05) is 0 Å². The van der Waals surface area contributed by atoms with Gasteiger partial charge in [-0.3, -0.25) is 9.59 Å². The highest BCUT2D eigenvalue weighted by molar-refractivity contribution is 6.01. The maximum absolute atomic E-state index is 11.3. The molecule has 0 bridgehead atoms. The summed E-state index contributed by atoms with van der Waals surface area (Å²) in [4.78, 5) is 22.0. The Kier molecular flexibility index (Phi) is 3.32. The zero-order valence-electron chi connectivity index (χ0n) is 9.80. The van der Waals surface area contributed by atoms with Gasteiger partial charge in [0.1, 0.15) is 0 Å². The summed E-state index contributed by atoms with van der Waals surface area (Å²) in [7, 11) is 0. The lowest BCUT2D eigenvalue weighted by Gasteiger charge is -2.02. The van der Waals surface area contributed by atoms with Crippen LogP contribution >= 0.6 is 0 Å². The third kappa shape index (κ3) is 2.68. The molecule has 0 fully saturated rings. The van der Waals surface area contributed by atoms with Crippen molar-refractivity contribution in [3.63, 3.8) is 0 Å². The minimum Gasteiger partial charge on any atom is -0.481 e. The number of rotatable bonds is 4. The van der Waals surface area contributed by atoms with E-state index in [0.717, 1.165) is 0 Å². The van der Waals surface area contributed by atoms with E-state index in [0.29, 0.717) is 17.1 Å². The molecule has 0 radical (unpaired) electrons. The van der Waals surface area contributed by atoms with E-state index in [9.17, 15) is 9.59 Å². The number of carbonyl (C=O) groups is 2. The predicted octanol–water partition coefficient (Wildman–Crippen LogP) is 1.86. The first-order valence-corrected chi connectivity index (χ1v) is 5.39. The molecule has 0 saturated carbocycles. The van der Waals surface area contributed by atoms with Gasteiger partial charge in [-0.25, -0.2) is 0 Å². The second kappa shape index (κ2) is 4.91. The van der Waals surface area contributed by atoms with Crippen molar-refractivity contribution < 1.29 is 24.2 Å². The molecule has 1 heterocycles. The van der Waals surface area contributed by atoms with Gasteiger partial charge in [0.05, 0.1) is 6.42 Å². The molecule has 0 aliphatic carbocycles. The number of hydrogen-bond acceptors (Lipinski definition) is 4. The molecule has 18 heavy (non-hydrogen) atoms. The zero-order valence-corrected chi connectivity index (χ0v) is 9.80. The van der Waals surface area contributed by atoms with Gasteiger partial charge in [0.15, 0.2) is 17.3 Å². The van der Waals surface area contributed by atoms with Crippen molar-refractivity contribution in [2.75, 3.05) is 6.79 Å². The van der Waals surface area contributed by atoms with Gasteiger partial charge < -0.3 is 14.6 Å². The third-order valence-electron chi connectivity index (χ3n) is 2.53. The molecule has 0 unspecified atom stereocenters. The van der Waals surface area contributed by atoms with Crippen LogP contribution in [0.3, 0.4) is 0 Å². The average Bonchev–Trinajstić information content (AvgIpc) is 2.74. The minimum atomic E-state index is -1.03. The van der Waals surface area contributed by atoms with Crippen LogP contribution in [0.15, 0.2) is 23.8 Å². The van der Waals surface area contributed by atoms with E-state index in [2.05, 4.69) is 0 Å². The van der Waals surface area contributed by atoms with Crippen LogP contribution in [0, 0.1) is 0 Å². The van der Waals surface area contributed by atoms with Crippen molar-refractivity contribution in [1.82, 2.24) is 0 Å². The molecular weight excluding hydrogens is 236 g/mol. The molecule has 1 aliphatic rings. The Labute approximate surface area is 104 Å². The molecule has 0 aromatic heterocycles. The fraction of sp³-hybridized carbons (Fsp3) is 0.231. The number of fused-ring (bicyclic) bond motifs is 1. The smallest absolute Gasteiger partial charge is 0.307 e. The number of aliphatic carboxylic acids is 1. The molecule has 0 spiro atoms. The van der Waals surface area contributed by atoms with E-state index in [1.54, 1.807) is 24.3 Å². The Morgan fingerprint density at radius 2 is 2.06 bits per heavy atom. The van der Waals surface area contributed by atoms with Crippen LogP contribution in [0.5, 0.6) is 11.5 Å². The summed E-state index contributed by atoms with van der Waals surface area (Å²) in [6.07, 6.45) is 1.27. The van der Waals surface area contributed by atoms with Gasteiger partial charge in [-0.05, 0) is 30.7 Å². The average molecular weight is 248 g/mol.